The summed E-state index contributed by atoms with van der Waals surface area (Å²) in [5, 5.41) is 18.8. The van der Waals surface area contributed by atoms with Crippen molar-refractivity contribution in [2.24, 2.45) is 0 Å². The van der Waals surface area contributed by atoms with E-state index in [9.17, 15) is 9.59 Å². The molecule has 1 fully saturated rings. The lowest BCUT2D eigenvalue weighted by molar-refractivity contribution is -0.116. The van der Waals surface area contributed by atoms with E-state index in [0.29, 0.717) is 23.0 Å². The minimum absolute atomic E-state index is 0.143. The summed E-state index contributed by atoms with van der Waals surface area (Å²) in [7, 11) is 0. The fourth-order valence-electron chi connectivity index (χ4n) is 5.04. The van der Waals surface area contributed by atoms with Gasteiger partial charge in [-0.15, -0.1) is 10.2 Å². The van der Waals surface area contributed by atoms with Gasteiger partial charge in [0.2, 0.25) is 11.8 Å². The minimum atomic E-state index is -0.145. The molecule has 0 atom stereocenters. The number of hydrogen-bond acceptors (Lipinski definition) is 7. The van der Waals surface area contributed by atoms with E-state index >= 15 is 0 Å². The van der Waals surface area contributed by atoms with E-state index in [-0.39, 0.29) is 18.2 Å². The van der Waals surface area contributed by atoms with Crippen LogP contribution in [0.4, 0.5) is 28.6 Å². The molecule has 1 aliphatic heterocycles. The van der Waals surface area contributed by atoms with Gasteiger partial charge in [-0.3, -0.25) is 14.2 Å². The van der Waals surface area contributed by atoms with Gasteiger partial charge in [-0.2, -0.15) is 0 Å². The lowest BCUT2D eigenvalue weighted by atomic mass is 10.1. The molecule has 3 N–H and O–H groups in total. The van der Waals surface area contributed by atoms with E-state index in [1.165, 1.54) is 12.6 Å². The highest BCUT2D eigenvalue weighted by molar-refractivity contribution is 5.96. The van der Waals surface area contributed by atoms with Crippen LogP contribution in [0.1, 0.15) is 12.5 Å². The number of carbonyl (C=O) groups excluding carboxylic acids is 2. The predicted molar refractivity (Wildman–Crippen MR) is 165 cm³/mol. The van der Waals surface area contributed by atoms with Crippen LogP contribution in [0.25, 0.3) is 16.7 Å². The molecule has 2 aromatic heterocycles. The molecule has 0 aliphatic carbocycles. The third kappa shape index (κ3) is 6.24. The fourth-order valence-corrected chi connectivity index (χ4v) is 5.04. The summed E-state index contributed by atoms with van der Waals surface area (Å²) in [6, 6.07) is 27.0. The van der Waals surface area contributed by atoms with Crippen molar-refractivity contribution in [1.82, 2.24) is 14.8 Å². The van der Waals surface area contributed by atoms with Crippen molar-refractivity contribution < 1.29 is 14.3 Å². The van der Waals surface area contributed by atoms with Crippen LogP contribution in [-0.2, 0) is 20.7 Å². The Morgan fingerprint density at radius 3 is 2.19 bits per heavy atom. The number of carbonyl (C=O) groups is 2. The molecule has 0 radical (unpaired) electrons. The van der Waals surface area contributed by atoms with Gasteiger partial charge in [0.05, 0.1) is 25.2 Å². The molecule has 212 valence electrons. The molecule has 1 saturated heterocycles. The van der Waals surface area contributed by atoms with E-state index in [0.717, 1.165) is 48.5 Å². The lowest BCUT2D eigenvalue weighted by Crippen LogP contribution is -2.36. The van der Waals surface area contributed by atoms with Crippen LogP contribution < -0.4 is 20.9 Å². The number of aromatic nitrogens is 3. The van der Waals surface area contributed by atoms with Crippen molar-refractivity contribution in [2.45, 2.75) is 13.3 Å². The number of nitrogens with one attached hydrogen (secondary N) is 3. The Labute approximate surface area is 243 Å². The zero-order valence-corrected chi connectivity index (χ0v) is 23.2. The lowest BCUT2D eigenvalue weighted by Gasteiger charge is -2.28. The first-order chi connectivity index (χ1) is 20.5. The molecule has 42 heavy (non-hydrogen) atoms. The third-order valence-corrected chi connectivity index (χ3v) is 7.05. The number of amides is 2. The smallest absolute Gasteiger partial charge is 0.228 e. The summed E-state index contributed by atoms with van der Waals surface area (Å²) in [6.45, 7) is 4.76. The Kier molecular flexibility index (Phi) is 7.78. The summed E-state index contributed by atoms with van der Waals surface area (Å²) >= 11 is 0. The van der Waals surface area contributed by atoms with Crippen LogP contribution in [0.3, 0.4) is 0 Å². The Morgan fingerprint density at radius 1 is 0.810 bits per heavy atom. The van der Waals surface area contributed by atoms with Crippen molar-refractivity contribution in [3.05, 3.63) is 96.7 Å². The van der Waals surface area contributed by atoms with Crippen molar-refractivity contribution >= 4 is 51.3 Å². The number of hydrogen-bond donors (Lipinski definition) is 3. The van der Waals surface area contributed by atoms with E-state index in [1.54, 1.807) is 24.3 Å². The molecule has 0 spiro atoms. The van der Waals surface area contributed by atoms with Crippen LogP contribution in [-0.4, -0.2) is 52.9 Å². The number of morpholine rings is 1. The van der Waals surface area contributed by atoms with Crippen molar-refractivity contribution in [1.29, 1.82) is 0 Å². The molecule has 3 heterocycles. The maximum Gasteiger partial charge on any atom is 0.228 e. The molecule has 0 bridgehead atoms. The van der Waals surface area contributed by atoms with E-state index in [2.05, 4.69) is 43.2 Å². The predicted octanol–water partition coefficient (Wildman–Crippen LogP) is 5.14. The molecule has 3 aromatic carbocycles. The van der Waals surface area contributed by atoms with E-state index in [1.807, 2.05) is 59.3 Å². The van der Waals surface area contributed by atoms with Gasteiger partial charge in [-0.05, 0) is 72.3 Å². The second-order valence-corrected chi connectivity index (χ2v) is 10.1. The van der Waals surface area contributed by atoms with Crippen molar-refractivity contribution in [3.8, 4) is 5.82 Å². The molecule has 5 aromatic rings. The SMILES string of the molecule is CC(=O)Nc1ccc(NC(=O)Cc2cn(-c3ccc(Nc4ccc(N5CCOCC5)cc4)nn3)c3ccccc23)cc1. The Balaban J connectivity index is 1.14. The molecular weight excluding hydrogens is 530 g/mol. The molecule has 10 heteroatoms. The Hall–Kier alpha value is -5.22. The third-order valence-electron chi connectivity index (χ3n) is 7.05. The number of benzene rings is 3. The van der Waals surface area contributed by atoms with Crippen LogP contribution in [0.15, 0.2) is 91.1 Å². The number of ether oxygens (including phenoxy) is 1. The average molecular weight is 562 g/mol. The first-order valence-corrected chi connectivity index (χ1v) is 13.8. The average Bonchev–Trinajstić information content (AvgIpc) is 3.37. The maximum absolute atomic E-state index is 12.9. The topological polar surface area (TPSA) is 113 Å². The molecular formula is C32H31N7O3. The monoisotopic (exact) mass is 561 g/mol. The van der Waals surface area contributed by atoms with Crippen LogP contribution in [0.2, 0.25) is 0 Å². The normalized spacial score (nSPS) is 13.1. The van der Waals surface area contributed by atoms with Gasteiger partial charge < -0.3 is 25.6 Å². The summed E-state index contributed by atoms with van der Waals surface area (Å²) in [6.07, 6.45) is 2.13. The van der Waals surface area contributed by atoms with E-state index < -0.39 is 0 Å². The number of rotatable bonds is 8. The van der Waals surface area contributed by atoms with Gasteiger partial charge in [0.25, 0.3) is 0 Å². The summed E-state index contributed by atoms with van der Waals surface area (Å²) in [4.78, 5) is 26.5. The van der Waals surface area contributed by atoms with Crippen LogP contribution >= 0.6 is 0 Å². The largest absolute Gasteiger partial charge is 0.378 e. The van der Waals surface area contributed by atoms with Crippen molar-refractivity contribution in [2.75, 3.05) is 47.2 Å². The highest BCUT2D eigenvalue weighted by Gasteiger charge is 2.15. The second kappa shape index (κ2) is 12.1. The zero-order chi connectivity index (χ0) is 28.9. The molecule has 6 rings (SSSR count). The zero-order valence-electron chi connectivity index (χ0n) is 23.2. The molecule has 0 saturated carbocycles. The molecule has 10 nitrogen and oxygen atoms in total. The highest BCUT2D eigenvalue weighted by atomic mass is 16.5. The van der Waals surface area contributed by atoms with Crippen molar-refractivity contribution in [3.63, 3.8) is 0 Å². The fraction of sp³-hybridized carbons (Fsp3) is 0.188. The number of fused-ring (bicyclic) bond motifs is 1. The maximum atomic E-state index is 12.9. The van der Waals surface area contributed by atoms with Gasteiger partial charge in [0, 0.05) is 54.3 Å². The van der Waals surface area contributed by atoms with Gasteiger partial charge in [-0.1, -0.05) is 18.2 Å². The summed E-state index contributed by atoms with van der Waals surface area (Å²) in [5.41, 5.74) is 5.25. The van der Waals surface area contributed by atoms with Gasteiger partial charge in [0.15, 0.2) is 11.6 Å². The Morgan fingerprint density at radius 2 is 1.50 bits per heavy atom. The quantitative estimate of drug-likeness (QED) is 0.240. The number of anilines is 5. The summed E-state index contributed by atoms with van der Waals surface area (Å²) in [5.74, 6) is 1.00. The first kappa shape index (κ1) is 27.0. The highest BCUT2D eigenvalue weighted by Crippen LogP contribution is 2.26. The summed E-state index contributed by atoms with van der Waals surface area (Å²) < 4.78 is 7.40. The van der Waals surface area contributed by atoms with Gasteiger partial charge in [0.1, 0.15) is 0 Å². The van der Waals surface area contributed by atoms with Crippen LogP contribution in [0, 0.1) is 0 Å². The number of para-hydroxylation sites is 1. The van der Waals surface area contributed by atoms with Gasteiger partial charge in [-0.25, -0.2) is 0 Å². The molecule has 2 amide bonds. The van der Waals surface area contributed by atoms with Gasteiger partial charge >= 0.3 is 0 Å². The standard InChI is InChI=1S/C32H31N7O3/c1-22(40)33-24-6-8-26(9-7-24)35-32(41)20-23-21-39(29-5-3-2-4-28(23)29)31-15-14-30(36-37-31)34-25-10-12-27(13-11-25)38-16-18-42-19-17-38/h2-15,21H,16-20H2,1H3,(H,33,40)(H,34,36)(H,35,41). The first-order valence-electron chi connectivity index (χ1n) is 13.8. The molecule has 0 unspecified atom stereocenters. The number of nitrogens with zero attached hydrogens (tertiary/aromatic N) is 4. The minimum Gasteiger partial charge on any atom is -0.378 e. The van der Waals surface area contributed by atoms with Crippen LogP contribution in [0.5, 0.6) is 0 Å². The van der Waals surface area contributed by atoms with E-state index in [4.69, 9.17) is 4.74 Å². The Bertz CT molecular complexity index is 1690. The molecule has 1 aliphatic rings. The second-order valence-electron chi connectivity index (χ2n) is 10.1.